The van der Waals surface area contributed by atoms with Gasteiger partial charge in [0.25, 0.3) is 0 Å². The fourth-order valence-electron chi connectivity index (χ4n) is 10.7. The SMILES string of the molecule is CC/C=C\C/C=C\C/C=C\C/C=C\C/C=C\C/C=C\CCCCCCCCCCC(=O)NC(COP(=O)(O)OCC[N+](C)(C)C)C(/C=C/CCCCCCCCCCCCC)OC(=O)CCCCCCCCCCCCC/C=C\C/C=C\C/C=C\C/C=C\CCCCC. The highest BCUT2D eigenvalue weighted by Crippen LogP contribution is 2.43. The van der Waals surface area contributed by atoms with Crippen molar-refractivity contribution in [2.75, 3.05) is 40.9 Å². The van der Waals surface area contributed by atoms with Crippen molar-refractivity contribution < 1.29 is 37.3 Å². The van der Waals surface area contributed by atoms with E-state index in [2.05, 4.69) is 148 Å². The molecule has 0 saturated carbocycles. The molecular formula is C83H146N2O7P+. The molecule has 0 spiro atoms. The normalized spacial score (nSPS) is 14.2. The molecule has 534 valence electrons. The Hall–Kier alpha value is -3.85. The molecule has 0 heterocycles. The lowest BCUT2D eigenvalue weighted by Crippen LogP contribution is -2.47. The average molecular weight is 1320 g/mol. The molecule has 0 aromatic heterocycles. The Morgan fingerprint density at radius 3 is 1.05 bits per heavy atom. The number of hydrogen-bond acceptors (Lipinski definition) is 6. The number of unbranched alkanes of at least 4 members (excludes halogenated alkanes) is 33. The van der Waals surface area contributed by atoms with Gasteiger partial charge in [-0.2, -0.15) is 0 Å². The molecule has 0 saturated heterocycles. The highest BCUT2D eigenvalue weighted by atomic mass is 31.2. The number of allylic oxidation sites excluding steroid dienone is 21. The third-order valence-corrected chi connectivity index (χ3v) is 17.6. The van der Waals surface area contributed by atoms with Crippen LogP contribution in [-0.4, -0.2) is 74.3 Å². The number of carbonyl (C=O) groups excluding carboxylic acids is 2. The van der Waals surface area contributed by atoms with Gasteiger partial charge in [0, 0.05) is 12.8 Å². The number of quaternary nitrogens is 1. The van der Waals surface area contributed by atoms with Gasteiger partial charge in [-0.1, -0.05) is 322 Å². The summed E-state index contributed by atoms with van der Waals surface area (Å²) >= 11 is 0. The van der Waals surface area contributed by atoms with Gasteiger partial charge in [0.05, 0.1) is 33.8 Å². The Balaban J connectivity index is 5.06. The second-order valence-electron chi connectivity index (χ2n) is 26.8. The molecule has 9 nitrogen and oxygen atoms in total. The molecule has 3 atom stereocenters. The van der Waals surface area contributed by atoms with Gasteiger partial charge in [-0.3, -0.25) is 18.6 Å². The lowest BCUT2D eigenvalue weighted by Gasteiger charge is -2.27. The number of nitrogens with one attached hydrogen (secondary N) is 1. The number of carbonyl (C=O) groups is 2. The minimum absolute atomic E-state index is 0.0319. The van der Waals surface area contributed by atoms with Gasteiger partial charge in [0.15, 0.2) is 0 Å². The van der Waals surface area contributed by atoms with Gasteiger partial charge in [0.2, 0.25) is 5.91 Å². The molecule has 0 aromatic carbocycles. The quantitative estimate of drug-likeness (QED) is 0.0205. The third kappa shape index (κ3) is 72.3. The minimum Gasteiger partial charge on any atom is -0.456 e. The van der Waals surface area contributed by atoms with E-state index in [-0.39, 0.29) is 31.5 Å². The number of amides is 1. The Labute approximate surface area is 575 Å². The summed E-state index contributed by atoms with van der Waals surface area (Å²) in [6.07, 6.45) is 102. The van der Waals surface area contributed by atoms with E-state index in [1.54, 1.807) is 0 Å². The van der Waals surface area contributed by atoms with Crippen molar-refractivity contribution in [3.8, 4) is 0 Å². The van der Waals surface area contributed by atoms with E-state index in [1.807, 2.05) is 33.3 Å². The standard InChI is InChI=1S/C83H145N2O7P/c1-7-10-13-16-19-22-25-28-30-32-34-36-38-40-42-44-46-48-50-52-54-57-60-63-66-69-72-75-82(86)84-80(79-91-93(88,89)90-78-77-85(4,5)6)81(74-71-68-65-62-59-56-27-24-21-18-15-12-9-3)92-83(87)76-73-70-67-64-61-58-55-53-51-49-47-45-43-41-39-37-35-33-31-29-26-23-20-17-14-11-8-2/h10,13,19-20,22-23,28-31,34-37,40-43,46,48,71,74,80-81H,7-9,11-12,14-18,21,24-27,32-33,38-39,44-45,47,49-70,72-73,75-79H2,1-6H3,(H-,84,86,88,89)/p+1/b13-10-,22-19-,23-20-,30-28-,31-29-,36-34-,37-35-,42-40-,43-41-,48-46-,74-71+. The Morgan fingerprint density at radius 1 is 0.387 bits per heavy atom. The second-order valence-corrected chi connectivity index (χ2v) is 28.2. The maximum absolute atomic E-state index is 13.7. The van der Waals surface area contributed by atoms with Crippen molar-refractivity contribution in [3.05, 3.63) is 134 Å². The van der Waals surface area contributed by atoms with E-state index in [0.29, 0.717) is 17.4 Å². The predicted octanol–water partition coefficient (Wildman–Crippen LogP) is 25.1. The lowest BCUT2D eigenvalue weighted by molar-refractivity contribution is -0.870. The summed E-state index contributed by atoms with van der Waals surface area (Å²) in [4.78, 5) is 38.0. The van der Waals surface area contributed by atoms with Crippen LogP contribution in [0, 0.1) is 0 Å². The zero-order valence-corrected chi connectivity index (χ0v) is 62.1. The van der Waals surface area contributed by atoms with Gasteiger partial charge in [-0.05, 0) is 128 Å². The van der Waals surface area contributed by atoms with Crippen LogP contribution in [0.15, 0.2) is 134 Å². The molecule has 3 unspecified atom stereocenters. The Morgan fingerprint density at radius 2 is 0.688 bits per heavy atom. The van der Waals surface area contributed by atoms with E-state index in [1.165, 1.54) is 167 Å². The average Bonchev–Trinajstić information content (AvgIpc) is 2.31. The summed E-state index contributed by atoms with van der Waals surface area (Å²) < 4.78 is 30.9. The van der Waals surface area contributed by atoms with Crippen LogP contribution in [0.5, 0.6) is 0 Å². The van der Waals surface area contributed by atoms with Crippen LogP contribution >= 0.6 is 7.82 Å². The molecule has 0 rings (SSSR count). The van der Waals surface area contributed by atoms with Crippen molar-refractivity contribution >= 4 is 19.7 Å². The first kappa shape index (κ1) is 89.2. The summed E-state index contributed by atoms with van der Waals surface area (Å²) in [7, 11) is 1.48. The summed E-state index contributed by atoms with van der Waals surface area (Å²) in [6, 6.07) is -0.865. The summed E-state index contributed by atoms with van der Waals surface area (Å²) in [5.74, 6) is -0.517. The number of phosphoric ester groups is 1. The third-order valence-electron chi connectivity index (χ3n) is 16.6. The number of phosphoric acid groups is 1. The van der Waals surface area contributed by atoms with E-state index >= 15 is 0 Å². The van der Waals surface area contributed by atoms with Crippen LogP contribution in [0.1, 0.15) is 329 Å². The molecule has 0 fully saturated rings. The van der Waals surface area contributed by atoms with Crippen molar-refractivity contribution in [2.45, 2.75) is 341 Å². The van der Waals surface area contributed by atoms with Crippen LogP contribution in [-0.2, 0) is 27.9 Å². The second kappa shape index (κ2) is 70.9. The van der Waals surface area contributed by atoms with Crippen molar-refractivity contribution in [2.24, 2.45) is 0 Å². The number of likely N-dealkylation sites (N-methyl/N-ethyl adjacent to an activating group) is 1. The van der Waals surface area contributed by atoms with Gasteiger partial charge in [-0.15, -0.1) is 0 Å². The number of esters is 1. The first-order chi connectivity index (χ1) is 45.4. The number of hydrogen-bond donors (Lipinski definition) is 2. The molecule has 0 aromatic rings. The Kier molecular flexibility index (Phi) is 68.0. The monoisotopic (exact) mass is 1310 g/mol. The molecule has 0 aliphatic heterocycles. The number of nitrogens with zero attached hydrogens (tertiary/aromatic N) is 1. The number of rotatable bonds is 69. The zero-order valence-electron chi connectivity index (χ0n) is 61.2. The first-order valence-electron chi connectivity index (χ1n) is 38.5. The predicted molar refractivity (Wildman–Crippen MR) is 406 cm³/mol. The van der Waals surface area contributed by atoms with E-state index in [9.17, 15) is 19.0 Å². The van der Waals surface area contributed by atoms with Crippen molar-refractivity contribution in [1.82, 2.24) is 5.32 Å². The molecule has 0 bridgehead atoms. The van der Waals surface area contributed by atoms with Crippen molar-refractivity contribution in [3.63, 3.8) is 0 Å². The van der Waals surface area contributed by atoms with Crippen LogP contribution in [0.3, 0.4) is 0 Å². The maximum Gasteiger partial charge on any atom is 0.472 e. The first-order valence-corrected chi connectivity index (χ1v) is 40.0. The van der Waals surface area contributed by atoms with E-state index < -0.39 is 20.0 Å². The number of ether oxygens (including phenoxy) is 1. The van der Waals surface area contributed by atoms with Crippen LogP contribution in [0.4, 0.5) is 0 Å². The van der Waals surface area contributed by atoms with Crippen LogP contribution < -0.4 is 5.32 Å². The van der Waals surface area contributed by atoms with Gasteiger partial charge < -0.3 is 19.4 Å². The summed E-state index contributed by atoms with van der Waals surface area (Å²) in [5.41, 5.74) is 0. The molecule has 93 heavy (non-hydrogen) atoms. The largest absolute Gasteiger partial charge is 0.472 e. The molecular weight excluding hydrogens is 1170 g/mol. The maximum atomic E-state index is 13.7. The molecule has 0 aliphatic rings. The van der Waals surface area contributed by atoms with Gasteiger partial charge >= 0.3 is 13.8 Å². The molecule has 1 amide bonds. The zero-order chi connectivity index (χ0) is 67.8. The van der Waals surface area contributed by atoms with Crippen LogP contribution in [0.2, 0.25) is 0 Å². The fourth-order valence-corrected chi connectivity index (χ4v) is 11.4. The molecule has 2 N–H and O–H groups in total. The van der Waals surface area contributed by atoms with Crippen LogP contribution in [0.25, 0.3) is 0 Å². The van der Waals surface area contributed by atoms with Gasteiger partial charge in [-0.25, -0.2) is 4.57 Å². The smallest absolute Gasteiger partial charge is 0.456 e. The summed E-state index contributed by atoms with van der Waals surface area (Å²) in [5, 5.41) is 3.07. The fraction of sp³-hybridized carbons (Fsp3) is 0.711. The summed E-state index contributed by atoms with van der Waals surface area (Å²) in [6.45, 7) is 6.88. The minimum atomic E-state index is -4.47. The van der Waals surface area contributed by atoms with E-state index in [0.717, 1.165) is 128 Å². The molecule has 10 heteroatoms. The topological polar surface area (TPSA) is 111 Å². The highest BCUT2D eigenvalue weighted by Gasteiger charge is 2.30. The van der Waals surface area contributed by atoms with E-state index in [4.69, 9.17) is 13.8 Å². The Bertz CT molecular complexity index is 2050. The highest BCUT2D eigenvalue weighted by molar-refractivity contribution is 7.47. The van der Waals surface area contributed by atoms with Crippen molar-refractivity contribution in [1.29, 1.82) is 0 Å². The van der Waals surface area contributed by atoms with Gasteiger partial charge in [0.1, 0.15) is 19.3 Å². The molecule has 0 radical (unpaired) electrons. The molecule has 0 aliphatic carbocycles. The lowest BCUT2D eigenvalue weighted by atomic mass is 10.0.